The molecule has 0 saturated heterocycles. The van der Waals surface area contributed by atoms with Gasteiger partial charge in [0.25, 0.3) is 0 Å². The summed E-state index contributed by atoms with van der Waals surface area (Å²) in [5, 5.41) is 12.2. The molecule has 1 N–H and O–H groups in total. The van der Waals surface area contributed by atoms with Crippen LogP contribution in [0.25, 0.3) is 0 Å². The van der Waals surface area contributed by atoms with Crippen molar-refractivity contribution in [2.75, 3.05) is 0 Å². The van der Waals surface area contributed by atoms with E-state index in [0.29, 0.717) is 18.0 Å². The van der Waals surface area contributed by atoms with Crippen molar-refractivity contribution in [2.45, 2.75) is 58.2 Å². The first-order valence-electron chi connectivity index (χ1n) is 7.85. The van der Waals surface area contributed by atoms with Crippen molar-refractivity contribution in [1.82, 2.24) is 20.1 Å². The first-order valence-corrected chi connectivity index (χ1v) is 7.85. The lowest BCUT2D eigenvalue weighted by atomic mass is 9.94. The number of hydrogen-bond donors (Lipinski definition) is 1. The molecule has 1 aliphatic carbocycles. The van der Waals surface area contributed by atoms with Gasteiger partial charge < -0.3 is 9.88 Å². The van der Waals surface area contributed by atoms with Gasteiger partial charge in [-0.1, -0.05) is 37.3 Å². The van der Waals surface area contributed by atoms with E-state index in [1.807, 2.05) is 6.92 Å². The molecule has 0 aliphatic heterocycles. The highest BCUT2D eigenvalue weighted by molar-refractivity contribution is 5.20. The summed E-state index contributed by atoms with van der Waals surface area (Å²) in [7, 11) is 0. The van der Waals surface area contributed by atoms with Crippen molar-refractivity contribution < 1.29 is 0 Å². The average molecular weight is 284 g/mol. The first-order chi connectivity index (χ1) is 10.2. The maximum atomic E-state index is 4.33. The Morgan fingerprint density at radius 3 is 2.57 bits per heavy atom. The van der Waals surface area contributed by atoms with Crippen LogP contribution in [0.5, 0.6) is 0 Å². The minimum atomic E-state index is 0.400. The van der Waals surface area contributed by atoms with Crippen LogP contribution in [0.3, 0.4) is 0 Å². The summed E-state index contributed by atoms with van der Waals surface area (Å²) in [6.45, 7) is 7.34. The predicted octanol–water partition coefficient (Wildman–Crippen LogP) is 3.20. The van der Waals surface area contributed by atoms with Gasteiger partial charge in [-0.3, -0.25) is 0 Å². The standard InChI is InChI=1S/C17H24N4/c1-12(15-7-5-4-6-8-15)13(2)18-11-17-20-19-14(3)21(17)16-9-10-16/h4-8,12-13,16,18H,9-11H2,1-3H3. The summed E-state index contributed by atoms with van der Waals surface area (Å²) >= 11 is 0. The summed E-state index contributed by atoms with van der Waals surface area (Å²) in [5.41, 5.74) is 1.37. The molecule has 2 aromatic rings. The average Bonchev–Trinajstić information content (AvgIpc) is 3.28. The van der Waals surface area contributed by atoms with Crippen LogP contribution in [-0.2, 0) is 6.54 Å². The molecule has 0 radical (unpaired) electrons. The zero-order valence-corrected chi connectivity index (χ0v) is 13.1. The maximum absolute atomic E-state index is 4.33. The van der Waals surface area contributed by atoms with Gasteiger partial charge in [-0.15, -0.1) is 10.2 Å². The highest BCUT2D eigenvalue weighted by atomic mass is 15.3. The third-order valence-electron chi connectivity index (χ3n) is 4.51. The molecular weight excluding hydrogens is 260 g/mol. The summed E-state index contributed by atoms with van der Waals surface area (Å²) < 4.78 is 2.30. The third-order valence-corrected chi connectivity index (χ3v) is 4.51. The monoisotopic (exact) mass is 284 g/mol. The van der Waals surface area contributed by atoms with Crippen molar-refractivity contribution in [3.63, 3.8) is 0 Å². The Bertz CT molecular complexity index is 586. The first kappa shape index (κ1) is 14.3. The molecule has 4 heteroatoms. The van der Waals surface area contributed by atoms with E-state index in [9.17, 15) is 0 Å². The molecule has 1 saturated carbocycles. The van der Waals surface area contributed by atoms with Crippen molar-refractivity contribution in [1.29, 1.82) is 0 Å². The van der Waals surface area contributed by atoms with Crippen molar-refractivity contribution >= 4 is 0 Å². The number of aromatic nitrogens is 3. The number of hydrogen-bond acceptors (Lipinski definition) is 3. The molecule has 1 aromatic carbocycles. The fraction of sp³-hybridized carbons (Fsp3) is 0.529. The molecule has 3 rings (SSSR count). The van der Waals surface area contributed by atoms with E-state index in [4.69, 9.17) is 0 Å². The number of nitrogens with one attached hydrogen (secondary N) is 1. The second-order valence-electron chi connectivity index (χ2n) is 6.13. The second kappa shape index (κ2) is 5.98. The van der Waals surface area contributed by atoms with E-state index >= 15 is 0 Å². The molecule has 1 aromatic heterocycles. The molecule has 21 heavy (non-hydrogen) atoms. The van der Waals surface area contributed by atoms with Crippen LogP contribution in [0.2, 0.25) is 0 Å². The van der Waals surface area contributed by atoms with Crippen molar-refractivity contribution in [2.24, 2.45) is 0 Å². The second-order valence-corrected chi connectivity index (χ2v) is 6.13. The van der Waals surface area contributed by atoms with Crippen molar-refractivity contribution in [3.8, 4) is 0 Å². The molecule has 1 aliphatic rings. The molecule has 112 valence electrons. The van der Waals surface area contributed by atoms with E-state index < -0.39 is 0 Å². The molecule has 2 unspecified atom stereocenters. The Balaban J connectivity index is 1.62. The van der Waals surface area contributed by atoms with Crippen LogP contribution < -0.4 is 5.32 Å². The fourth-order valence-corrected chi connectivity index (χ4v) is 2.82. The van der Waals surface area contributed by atoms with Crippen LogP contribution in [-0.4, -0.2) is 20.8 Å². The van der Waals surface area contributed by atoms with Gasteiger partial charge in [0.1, 0.15) is 11.6 Å². The van der Waals surface area contributed by atoms with Gasteiger partial charge in [-0.25, -0.2) is 0 Å². The van der Waals surface area contributed by atoms with Crippen LogP contribution >= 0.6 is 0 Å². The Morgan fingerprint density at radius 1 is 1.19 bits per heavy atom. The number of nitrogens with zero attached hydrogens (tertiary/aromatic N) is 3. The minimum absolute atomic E-state index is 0.400. The van der Waals surface area contributed by atoms with Gasteiger partial charge in [0, 0.05) is 12.1 Å². The van der Waals surface area contributed by atoms with Gasteiger partial charge in [-0.05, 0) is 38.2 Å². The fourth-order valence-electron chi connectivity index (χ4n) is 2.82. The molecule has 0 bridgehead atoms. The smallest absolute Gasteiger partial charge is 0.147 e. The normalized spacial score (nSPS) is 17.7. The van der Waals surface area contributed by atoms with Gasteiger partial charge >= 0.3 is 0 Å². The molecule has 4 nitrogen and oxygen atoms in total. The SMILES string of the molecule is Cc1nnc(CNC(C)C(C)c2ccccc2)n1C1CC1. The topological polar surface area (TPSA) is 42.7 Å². The Morgan fingerprint density at radius 2 is 1.90 bits per heavy atom. The lowest BCUT2D eigenvalue weighted by molar-refractivity contribution is 0.463. The van der Waals surface area contributed by atoms with E-state index in [1.54, 1.807) is 0 Å². The molecule has 1 fully saturated rings. The number of aryl methyl sites for hydroxylation is 1. The van der Waals surface area contributed by atoms with Crippen LogP contribution in [0.1, 0.15) is 55.9 Å². The van der Waals surface area contributed by atoms with E-state index in [0.717, 1.165) is 18.2 Å². The Hall–Kier alpha value is -1.68. The molecule has 0 spiro atoms. The van der Waals surface area contributed by atoms with Gasteiger partial charge in [0.2, 0.25) is 0 Å². The summed E-state index contributed by atoms with van der Waals surface area (Å²) in [6, 6.07) is 11.7. The lowest BCUT2D eigenvalue weighted by Gasteiger charge is -2.21. The summed E-state index contributed by atoms with van der Waals surface area (Å²) in [5.74, 6) is 2.59. The Kier molecular flexibility index (Phi) is 4.06. The van der Waals surface area contributed by atoms with E-state index in [2.05, 4.69) is 64.3 Å². The highest BCUT2D eigenvalue weighted by Gasteiger charge is 2.28. The lowest BCUT2D eigenvalue weighted by Crippen LogP contribution is -2.31. The Labute approximate surface area is 126 Å². The number of rotatable bonds is 6. The summed E-state index contributed by atoms with van der Waals surface area (Å²) in [4.78, 5) is 0. The number of benzene rings is 1. The van der Waals surface area contributed by atoms with Crippen molar-refractivity contribution in [3.05, 3.63) is 47.5 Å². The molecular formula is C17H24N4. The highest BCUT2D eigenvalue weighted by Crippen LogP contribution is 2.36. The van der Waals surface area contributed by atoms with E-state index in [1.165, 1.54) is 18.4 Å². The molecule has 0 amide bonds. The van der Waals surface area contributed by atoms with Crippen LogP contribution in [0.15, 0.2) is 30.3 Å². The van der Waals surface area contributed by atoms with Gasteiger partial charge in [0.15, 0.2) is 0 Å². The van der Waals surface area contributed by atoms with Gasteiger partial charge in [-0.2, -0.15) is 0 Å². The zero-order chi connectivity index (χ0) is 14.8. The van der Waals surface area contributed by atoms with Crippen LogP contribution in [0.4, 0.5) is 0 Å². The quantitative estimate of drug-likeness (QED) is 0.885. The third kappa shape index (κ3) is 3.16. The van der Waals surface area contributed by atoms with Crippen LogP contribution in [0, 0.1) is 6.92 Å². The summed E-state index contributed by atoms with van der Waals surface area (Å²) in [6.07, 6.45) is 2.53. The molecule has 2 atom stereocenters. The maximum Gasteiger partial charge on any atom is 0.147 e. The largest absolute Gasteiger partial charge is 0.311 e. The minimum Gasteiger partial charge on any atom is -0.311 e. The molecule has 1 heterocycles. The zero-order valence-electron chi connectivity index (χ0n) is 13.1. The predicted molar refractivity (Wildman–Crippen MR) is 84.2 cm³/mol. The van der Waals surface area contributed by atoms with E-state index in [-0.39, 0.29) is 0 Å². The van der Waals surface area contributed by atoms with Gasteiger partial charge in [0.05, 0.1) is 6.54 Å².